The van der Waals surface area contributed by atoms with E-state index in [1.54, 1.807) is 12.5 Å². The minimum Gasteiger partial charge on any atom is -0.369 e. The second kappa shape index (κ2) is 5.16. The maximum atomic E-state index is 11.1. The molecular weight excluding hydrogens is 242 g/mol. The number of nitrogens with zero attached hydrogens (tertiary/aromatic N) is 2. The highest BCUT2D eigenvalue weighted by Crippen LogP contribution is 2.18. The van der Waals surface area contributed by atoms with Crippen LogP contribution in [0.3, 0.4) is 0 Å². The van der Waals surface area contributed by atoms with Crippen LogP contribution in [0.25, 0.3) is 0 Å². The molecule has 1 aliphatic rings. The third-order valence-corrected chi connectivity index (χ3v) is 3.63. The Morgan fingerprint density at radius 3 is 3.12 bits per heavy atom. The van der Waals surface area contributed by atoms with E-state index in [0.29, 0.717) is 13.2 Å². The molecule has 0 amide bonds. The van der Waals surface area contributed by atoms with Crippen molar-refractivity contribution in [3.8, 4) is 0 Å². The van der Waals surface area contributed by atoms with Crippen LogP contribution >= 0.6 is 0 Å². The number of ether oxygens (including phenoxy) is 1. The van der Waals surface area contributed by atoms with Crippen LogP contribution in [0, 0.1) is 0 Å². The van der Waals surface area contributed by atoms with Gasteiger partial charge in [0.05, 0.1) is 30.6 Å². The summed E-state index contributed by atoms with van der Waals surface area (Å²) in [5.74, 6) is 0.122. The van der Waals surface area contributed by atoms with Crippen LogP contribution in [0.4, 0.5) is 0 Å². The van der Waals surface area contributed by atoms with Gasteiger partial charge < -0.3 is 14.6 Å². The van der Waals surface area contributed by atoms with Crippen LogP contribution in [0.5, 0.6) is 0 Å². The van der Waals surface area contributed by atoms with Crippen molar-refractivity contribution in [2.75, 3.05) is 31.7 Å². The lowest BCUT2D eigenvalue weighted by molar-refractivity contribution is 0.0229. The molecule has 0 saturated carbocycles. The summed E-state index contributed by atoms with van der Waals surface area (Å²) in [6.45, 7) is 2.69. The molecule has 96 valence electrons. The molecular formula is C10H17N3O3S. The first-order chi connectivity index (χ1) is 8.06. The molecule has 1 atom stereocenters. The highest BCUT2D eigenvalue weighted by molar-refractivity contribution is 7.90. The molecule has 2 rings (SSSR count). The van der Waals surface area contributed by atoms with E-state index in [9.17, 15) is 8.42 Å². The molecule has 0 aromatic carbocycles. The zero-order chi connectivity index (χ0) is 12.3. The van der Waals surface area contributed by atoms with Crippen molar-refractivity contribution in [3.63, 3.8) is 0 Å². The van der Waals surface area contributed by atoms with Crippen LogP contribution in [0.2, 0.25) is 0 Å². The predicted molar refractivity (Wildman–Crippen MR) is 63.5 cm³/mol. The Kier molecular flexibility index (Phi) is 3.80. The van der Waals surface area contributed by atoms with E-state index in [2.05, 4.69) is 10.3 Å². The number of aryl methyl sites for hydroxylation is 1. The molecule has 0 radical (unpaired) electrons. The van der Waals surface area contributed by atoms with E-state index in [4.69, 9.17) is 4.74 Å². The Morgan fingerprint density at radius 1 is 1.65 bits per heavy atom. The van der Waals surface area contributed by atoms with Crippen LogP contribution in [-0.2, 0) is 21.1 Å². The maximum Gasteiger partial charge on any atom is 0.149 e. The predicted octanol–water partition coefficient (Wildman–Crippen LogP) is -0.411. The van der Waals surface area contributed by atoms with E-state index in [1.807, 2.05) is 4.57 Å². The summed E-state index contributed by atoms with van der Waals surface area (Å²) in [4.78, 5) is 4.06. The molecule has 7 heteroatoms. The number of aromatic nitrogens is 2. The summed E-state index contributed by atoms with van der Waals surface area (Å²) in [6, 6.07) is 0. The molecule has 1 unspecified atom stereocenters. The molecule has 1 aliphatic heterocycles. The SMILES string of the molecule is CS(=O)(=O)CCn1cncc1C1CNCCO1. The van der Waals surface area contributed by atoms with Crippen molar-refractivity contribution in [1.29, 1.82) is 0 Å². The molecule has 0 bridgehead atoms. The fourth-order valence-corrected chi connectivity index (χ4v) is 2.33. The lowest BCUT2D eigenvalue weighted by Gasteiger charge is -2.24. The molecule has 1 aromatic rings. The Hall–Kier alpha value is -0.920. The van der Waals surface area contributed by atoms with Gasteiger partial charge in [0.2, 0.25) is 0 Å². The Bertz CT molecular complexity index is 463. The van der Waals surface area contributed by atoms with Gasteiger partial charge in [0.1, 0.15) is 15.9 Å². The molecule has 1 aromatic heterocycles. The van der Waals surface area contributed by atoms with Crippen molar-refractivity contribution in [1.82, 2.24) is 14.9 Å². The quantitative estimate of drug-likeness (QED) is 0.795. The van der Waals surface area contributed by atoms with Gasteiger partial charge in [-0.15, -0.1) is 0 Å². The number of nitrogens with one attached hydrogen (secondary N) is 1. The molecule has 0 aliphatic carbocycles. The summed E-state index contributed by atoms with van der Waals surface area (Å²) in [5.41, 5.74) is 0.931. The van der Waals surface area contributed by atoms with Crippen molar-refractivity contribution in [3.05, 3.63) is 18.2 Å². The molecule has 2 heterocycles. The zero-order valence-corrected chi connectivity index (χ0v) is 10.6. The fourth-order valence-electron chi connectivity index (χ4n) is 1.81. The van der Waals surface area contributed by atoms with Gasteiger partial charge >= 0.3 is 0 Å². The van der Waals surface area contributed by atoms with Gasteiger partial charge in [-0.25, -0.2) is 13.4 Å². The number of hydrogen-bond acceptors (Lipinski definition) is 5. The number of imidazole rings is 1. The third kappa shape index (κ3) is 3.52. The number of morpholine rings is 1. The summed E-state index contributed by atoms with van der Waals surface area (Å²) >= 11 is 0. The first-order valence-electron chi connectivity index (χ1n) is 5.56. The molecule has 1 saturated heterocycles. The summed E-state index contributed by atoms with van der Waals surface area (Å²) < 4.78 is 29.7. The van der Waals surface area contributed by atoms with E-state index in [-0.39, 0.29) is 11.9 Å². The Morgan fingerprint density at radius 2 is 2.47 bits per heavy atom. The second-order valence-electron chi connectivity index (χ2n) is 4.21. The minimum atomic E-state index is -2.95. The van der Waals surface area contributed by atoms with Gasteiger partial charge in [0.15, 0.2) is 0 Å². The molecule has 6 nitrogen and oxygen atoms in total. The van der Waals surface area contributed by atoms with Crippen molar-refractivity contribution in [2.24, 2.45) is 0 Å². The number of rotatable bonds is 4. The van der Waals surface area contributed by atoms with Gasteiger partial charge in [-0.2, -0.15) is 0 Å². The minimum absolute atomic E-state index is 0.0363. The first kappa shape index (κ1) is 12.5. The summed E-state index contributed by atoms with van der Waals surface area (Å²) in [7, 11) is -2.95. The summed E-state index contributed by atoms with van der Waals surface area (Å²) in [5, 5.41) is 3.24. The van der Waals surface area contributed by atoms with Crippen LogP contribution in [0.1, 0.15) is 11.8 Å². The first-order valence-corrected chi connectivity index (χ1v) is 7.62. The molecule has 1 N–H and O–H groups in total. The van der Waals surface area contributed by atoms with Crippen molar-refractivity contribution < 1.29 is 13.2 Å². The Labute approximate surface area is 101 Å². The third-order valence-electron chi connectivity index (χ3n) is 2.70. The molecule has 0 spiro atoms. The number of hydrogen-bond donors (Lipinski definition) is 1. The number of sulfone groups is 1. The maximum absolute atomic E-state index is 11.1. The molecule has 17 heavy (non-hydrogen) atoms. The van der Waals surface area contributed by atoms with Crippen molar-refractivity contribution in [2.45, 2.75) is 12.6 Å². The van der Waals surface area contributed by atoms with E-state index in [1.165, 1.54) is 6.26 Å². The highest BCUT2D eigenvalue weighted by atomic mass is 32.2. The Balaban J connectivity index is 2.05. The van der Waals surface area contributed by atoms with E-state index < -0.39 is 9.84 Å². The average molecular weight is 259 g/mol. The van der Waals surface area contributed by atoms with E-state index in [0.717, 1.165) is 18.8 Å². The largest absolute Gasteiger partial charge is 0.369 e. The fraction of sp³-hybridized carbons (Fsp3) is 0.700. The van der Waals surface area contributed by atoms with Crippen LogP contribution in [0.15, 0.2) is 12.5 Å². The molecule has 1 fully saturated rings. The second-order valence-corrected chi connectivity index (χ2v) is 6.47. The van der Waals surface area contributed by atoms with E-state index >= 15 is 0 Å². The highest BCUT2D eigenvalue weighted by Gasteiger charge is 2.19. The lowest BCUT2D eigenvalue weighted by atomic mass is 10.2. The van der Waals surface area contributed by atoms with Crippen LogP contribution < -0.4 is 5.32 Å². The van der Waals surface area contributed by atoms with Gasteiger partial charge in [-0.05, 0) is 0 Å². The smallest absolute Gasteiger partial charge is 0.149 e. The van der Waals surface area contributed by atoms with Gasteiger partial charge in [0, 0.05) is 25.9 Å². The van der Waals surface area contributed by atoms with Gasteiger partial charge in [-0.1, -0.05) is 0 Å². The topological polar surface area (TPSA) is 73.2 Å². The van der Waals surface area contributed by atoms with Crippen molar-refractivity contribution >= 4 is 9.84 Å². The van der Waals surface area contributed by atoms with Gasteiger partial charge in [-0.3, -0.25) is 0 Å². The van der Waals surface area contributed by atoms with Crippen LogP contribution in [-0.4, -0.2) is 49.7 Å². The normalized spacial score (nSPS) is 21.6. The summed E-state index contributed by atoms with van der Waals surface area (Å²) in [6.07, 6.45) is 4.59. The lowest BCUT2D eigenvalue weighted by Crippen LogP contribution is -2.34. The average Bonchev–Trinajstić information content (AvgIpc) is 2.75. The zero-order valence-electron chi connectivity index (χ0n) is 9.80. The standard InChI is InChI=1S/C10H17N3O3S/c1-17(14,15)5-3-13-8-12-6-9(13)10-7-11-2-4-16-10/h6,8,10-11H,2-5,7H2,1H3. The van der Waals surface area contributed by atoms with Gasteiger partial charge in [0.25, 0.3) is 0 Å². The monoisotopic (exact) mass is 259 g/mol.